The molecule has 0 bridgehead atoms. The summed E-state index contributed by atoms with van der Waals surface area (Å²) >= 11 is 0. The van der Waals surface area contributed by atoms with Gasteiger partial charge >= 0.3 is 5.97 Å². The molecular weight excluding hydrogens is 256 g/mol. The van der Waals surface area contributed by atoms with Gasteiger partial charge in [0.2, 0.25) is 6.54 Å². The molecule has 0 heterocycles. The van der Waals surface area contributed by atoms with E-state index in [2.05, 4.69) is 10.3 Å². The maximum absolute atomic E-state index is 10.6. The predicted molar refractivity (Wildman–Crippen MR) is 64.3 cm³/mol. The Hall–Kier alpha value is -2.19. The molecule has 0 aliphatic heterocycles. The van der Waals surface area contributed by atoms with Gasteiger partial charge in [0, 0.05) is 4.92 Å². The second kappa shape index (κ2) is 7.29. The van der Waals surface area contributed by atoms with Crippen LogP contribution in [-0.2, 0) is 9.63 Å². The Bertz CT molecular complexity index is 433. The first kappa shape index (κ1) is 14.9. The first-order valence-electron chi connectivity index (χ1n) is 5.37. The summed E-state index contributed by atoms with van der Waals surface area (Å²) in [5.74, 6) is -0.544. The van der Waals surface area contributed by atoms with Crippen molar-refractivity contribution >= 4 is 5.97 Å². The molecule has 0 radical (unpaired) electrons. The van der Waals surface area contributed by atoms with Gasteiger partial charge in [-0.3, -0.25) is 15.0 Å². The van der Waals surface area contributed by atoms with E-state index in [1.54, 1.807) is 24.3 Å². The Morgan fingerprint density at radius 2 is 2.11 bits per heavy atom. The lowest BCUT2D eigenvalue weighted by Crippen LogP contribution is -2.29. The monoisotopic (exact) mass is 270 g/mol. The van der Waals surface area contributed by atoms with Gasteiger partial charge in [-0.1, -0.05) is 12.1 Å². The summed E-state index contributed by atoms with van der Waals surface area (Å²) in [5, 5.41) is 19.0. The van der Waals surface area contributed by atoms with Crippen molar-refractivity contribution in [2.24, 2.45) is 0 Å². The molecule has 0 aliphatic rings. The Kier molecular flexibility index (Phi) is 5.71. The van der Waals surface area contributed by atoms with Crippen molar-refractivity contribution in [3.63, 3.8) is 0 Å². The van der Waals surface area contributed by atoms with Gasteiger partial charge in [0.25, 0.3) is 0 Å². The Morgan fingerprint density at radius 3 is 2.58 bits per heavy atom. The molecule has 0 spiro atoms. The molecule has 0 amide bonds. The molecule has 8 nitrogen and oxygen atoms in total. The van der Waals surface area contributed by atoms with Crippen molar-refractivity contribution in [3.8, 4) is 5.75 Å². The molecule has 19 heavy (non-hydrogen) atoms. The third-order valence-corrected chi connectivity index (χ3v) is 2.27. The minimum absolute atomic E-state index is 0.425. The number of ether oxygens (including phenoxy) is 1. The normalized spacial score (nSPS) is 11.8. The van der Waals surface area contributed by atoms with Gasteiger partial charge in [-0.05, 0) is 17.7 Å². The second-order valence-electron chi connectivity index (χ2n) is 3.64. The fourth-order valence-electron chi connectivity index (χ4n) is 1.40. The number of benzene rings is 1. The third-order valence-electron chi connectivity index (χ3n) is 2.27. The van der Waals surface area contributed by atoms with Gasteiger partial charge in [-0.2, -0.15) is 5.48 Å². The van der Waals surface area contributed by atoms with E-state index in [0.29, 0.717) is 11.3 Å². The van der Waals surface area contributed by atoms with Crippen LogP contribution in [-0.4, -0.2) is 36.3 Å². The molecule has 1 aromatic carbocycles. The molecule has 8 heteroatoms. The number of nitrogens with zero attached hydrogens (tertiary/aromatic N) is 1. The number of carboxylic acids is 1. The van der Waals surface area contributed by atoms with Crippen LogP contribution < -0.4 is 10.2 Å². The molecule has 1 rings (SSSR count). The van der Waals surface area contributed by atoms with Gasteiger partial charge in [0.05, 0.1) is 7.11 Å². The Labute approximate surface area is 109 Å². The lowest BCUT2D eigenvalue weighted by molar-refractivity contribution is -0.486. The number of carbonyl (C=O) groups is 1. The van der Waals surface area contributed by atoms with Gasteiger partial charge in [0.15, 0.2) is 6.61 Å². The lowest BCUT2D eigenvalue weighted by atomic mass is 10.1. The highest BCUT2D eigenvalue weighted by Crippen LogP contribution is 2.17. The van der Waals surface area contributed by atoms with Gasteiger partial charge in [-0.15, -0.1) is 0 Å². The maximum Gasteiger partial charge on any atom is 0.331 e. The number of nitrogens with one attached hydrogen (secondary N) is 1. The average Bonchev–Trinajstić information content (AvgIpc) is 2.37. The largest absolute Gasteiger partial charge is 0.497 e. The van der Waals surface area contributed by atoms with Crippen LogP contribution in [0.5, 0.6) is 5.75 Å². The Balaban J connectivity index is 2.70. The molecule has 0 aliphatic carbocycles. The van der Waals surface area contributed by atoms with Crippen molar-refractivity contribution in [1.82, 2.24) is 5.48 Å². The van der Waals surface area contributed by atoms with E-state index >= 15 is 0 Å². The van der Waals surface area contributed by atoms with E-state index in [9.17, 15) is 14.9 Å². The molecular formula is C11H14N2O6. The number of rotatable bonds is 8. The van der Waals surface area contributed by atoms with Gasteiger partial charge in [0.1, 0.15) is 11.8 Å². The molecule has 2 N–H and O–H groups in total. The zero-order valence-electron chi connectivity index (χ0n) is 10.2. The summed E-state index contributed by atoms with van der Waals surface area (Å²) in [7, 11) is 1.51. The number of hydroxylamine groups is 1. The molecule has 1 atom stereocenters. The SMILES string of the molecule is COc1ccc(C(C[N+](=O)[O-])NOCC(=O)O)cc1. The second-order valence-corrected chi connectivity index (χ2v) is 3.64. The standard InChI is InChI=1S/C11H14N2O6/c1-18-9-4-2-8(3-5-9)10(6-13(16)17)12-19-7-11(14)15/h2-5,10,12H,6-7H2,1H3,(H,14,15). The number of hydrogen-bond acceptors (Lipinski definition) is 6. The molecule has 104 valence electrons. The fourth-order valence-corrected chi connectivity index (χ4v) is 1.40. The van der Waals surface area contributed by atoms with Gasteiger partial charge in [-0.25, -0.2) is 4.79 Å². The lowest BCUT2D eigenvalue weighted by Gasteiger charge is -2.14. The van der Waals surface area contributed by atoms with Crippen molar-refractivity contribution in [1.29, 1.82) is 0 Å². The van der Waals surface area contributed by atoms with E-state index in [1.807, 2.05) is 0 Å². The van der Waals surface area contributed by atoms with Crippen LogP contribution in [0.2, 0.25) is 0 Å². The summed E-state index contributed by atoms with van der Waals surface area (Å²) < 4.78 is 4.98. The molecule has 0 saturated carbocycles. The van der Waals surface area contributed by atoms with Crippen molar-refractivity contribution in [2.45, 2.75) is 6.04 Å². The van der Waals surface area contributed by atoms with Crippen LogP contribution in [0.25, 0.3) is 0 Å². The van der Waals surface area contributed by atoms with Crippen molar-refractivity contribution < 1.29 is 24.4 Å². The van der Waals surface area contributed by atoms with Crippen LogP contribution >= 0.6 is 0 Å². The van der Waals surface area contributed by atoms with E-state index in [4.69, 9.17) is 9.84 Å². The summed E-state index contributed by atoms with van der Waals surface area (Å²) in [4.78, 5) is 25.1. The number of aliphatic carboxylic acids is 1. The zero-order valence-corrected chi connectivity index (χ0v) is 10.2. The molecule has 0 aromatic heterocycles. The summed E-state index contributed by atoms with van der Waals surface area (Å²) in [6.07, 6.45) is 0. The van der Waals surface area contributed by atoms with Gasteiger partial charge < -0.3 is 9.84 Å². The summed E-state index contributed by atoms with van der Waals surface area (Å²) in [6, 6.07) is 5.86. The highest BCUT2D eigenvalue weighted by molar-refractivity contribution is 5.67. The maximum atomic E-state index is 10.6. The smallest absolute Gasteiger partial charge is 0.331 e. The predicted octanol–water partition coefficient (Wildman–Crippen LogP) is 0.619. The number of nitro groups is 1. The van der Waals surface area contributed by atoms with Crippen LogP contribution in [0, 0.1) is 10.1 Å². The van der Waals surface area contributed by atoms with E-state index < -0.39 is 30.1 Å². The number of hydrogen-bond donors (Lipinski definition) is 2. The zero-order chi connectivity index (χ0) is 14.3. The molecule has 0 fully saturated rings. The van der Waals surface area contributed by atoms with E-state index in [1.165, 1.54) is 7.11 Å². The van der Waals surface area contributed by atoms with E-state index in [-0.39, 0.29) is 0 Å². The first-order chi connectivity index (χ1) is 9.02. The summed E-state index contributed by atoms with van der Waals surface area (Å²) in [6.45, 7) is -1.00. The topological polar surface area (TPSA) is 111 Å². The number of methoxy groups -OCH3 is 1. The minimum atomic E-state index is -1.16. The van der Waals surface area contributed by atoms with Crippen LogP contribution in [0.1, 0.15) is 11.6 Å². The van der Waals surface area contributed by atoms with E-state index in [0.717, 1.165) is 0 Å². The molecule has 0 saturated heterocycles. The third kappa shape index (κ3) is 5.32. The van der Waals surface area contributed by atoms with Crippen molar-refractivity contribution in [2.75, 3.05) is 20.3 Å². The van der Waals surface area contributed by atoms with Crippen molar-refractivity contribution in [3.05, 3.63) is 39.9 Å². The molecule has 1 aromatic rings. The first-order valence-corrected chi connectivity index (χ1v) is 5.37. The fraction of sp³-hybridized carbons (Fsp3) is 0.364. The Morgan fingerprint density at radius 1 is 1.47 bits per heavy atom. The van der Waals surface area contributed by atoms with Crippen LogP contribution in [0.3, 0.4) is 0 Å². The van der Waals surface area contributed by atoms with Crippen LogP contribution in [0.15, 0.2) is 24.3 Å². The quantitative estimate of drug-likeness (QED) is 0.526. The minimum Gasteiger partial charge on any atom is -0.497 e. The summed E-state index contributed by atoms with van der Waals surface area (Å²) in [5.41, 5.74) is 2.97. The van der Waals surface area contributed by atoms with Crippen LogP contribution in [0.4, 0.5) is 0 Å². The molecule has 1 unspecified atom stereocenters. The highest BCUT2D eigenvalue weighted by Gasteiger charge is 2.18. The average molecular weight is 270 g/mol. The number of carboxylic acid groups (broad SMARTS) is 1. The highest BCUT2D eigenvalue weighted by atomic mass is 16.7.